The van der Waals surface area contributed by atoms with Gasteiger partial charge in [-0.1, -0.05) is 18.2 Å². The van der Waals surface area contributed by atoms with Gasteiger partial charge in [0.1, 0.15) is 5.75 Å². The van der Waals surface area contributed by atoms with E-state index in [0.717, 1.165) is 35.7 Å². The van der Waals surface area contributed by atoms with Crippen molar-refractivity contribution < 1.29 is 9.84 Å². The van der Waals surface area contributed by atoms with Crippen LogP contribution in [0.2, 0.25) is 0 Å². The minimum Gasteiger partial charge on any atom is -0.508 e. The van der Waals surface area contributed by atoms with E-state index in [9.17, 15) is 5.11 Å². The van der Waals surface area contributed by atoms with Gasteiger partial charge in [-0.05, 0) is 54.1 Å². The first-order valence-electron chi connectivity index (χ1n) is 9.44. The third-order valence-electron chi connectivity index (χ3n) is 4.54. The van der Waals surface area contributed by atoms with Gasteiger partial charge >= 0.3 is 0 Å². The molecule has 0 bridgehead atoms. The van der Waals surface area contributed by atoms with Crippen molar-refractivity contribution in [3.05, 3.63) is 72.3 Å². The van der Waals surface area contributed by atoms with Crippen molar-refractivity contribution in [3.63, 3.8) is 0 Å². The van der Waals surface area contributed by atoms with Crippen molar-refractivity contribution in [1.29, 1.82) is 0 Å². The van der Waals surface area contributed by atoms with Crippen LogP contribution in [0.15, 0.2) is 66.7 Å². The lowest BCUT2D eigenvalue weighted by Crippen LogP contribution is -2.18. The monoisotopic (exact) mass is 389 g/mol. The van der Waals surface area contributed by atoms with Crippen LogP contribution in [0.25, 0.3) is 16.9 Å². The molecule has 0 aliphatic carbocycles. The fourth-order valence-electron chi connectivity index (χ4n) is 3.05. The van der Waals surface area contributed by atoms with Gasteiger partial charge in [-0.2, -0.15) is 4.98 Å². The van der Waals surface area contributed by atoms with Gasteiger partial charge in [0.25, 0.3) is 0 Å². The predicted molar refractivity (Wildman–Crippen MR) is 113 cm³/mol. The zero-order valence-corrected chi connectivity index (χ0v) is 16.2. The first-order chi connectivity index (χ1) is 14.2. The Kier molecular flexibility index (Phi) is 5.69. The van der Waals surface area contributed by atoms with Crippen LogP contribution in [0.1, 0.15) is 5.56 Å². The number of fused-ring (bicyclic) bond motifs is 1. The van der Waals surface area contributed by atoms with Crippen LogP contribution in [0.5, 0.6) is 5.75 Å². The molecule has 4 aromatic rings. The van der Waals surface area contributed by atoms with Gasteiger partial charge in [0.15, 0.2) is 5.65 Å². The number of methoxy groups -OCH3 is 1. The molecular weight excluding hydrogens is 366 g/mol. The van der Waals surface area contributed by atoms with Crippen molar-refractivity contribution >= 4 is 17.3 Å². The Hall–Kier alpha value is -3.42. The maximum Gasteiger partial charge on any atom is 0.247 e. The van der Waals surface area contributed by atoms with E-state index in [1.54, 1.807) is 23.8 Å². The van der Waals surface area contributed by atoms with E-state index in [0.29, 0.717) is 12.6 Å². The van der Waals surface area contributed by atoms with Crippen molar-refractivity contribution in [1.82, 2.24) is 19.9 Å². The molecule has 3 N–H and O–H groups in total. The zero-order chi connectivity index (χ0) is 20.1. The molecule has 148 valence electrons. The van der Waals surface area contributed by atoms with Crippen molar-refractivity contribution in [2.24, 2.45) is 0 Å². The molecule has 7 nitrogen and oxygen atoms in total. The van der Waals surface area contributed by atoms with Crippen LogP contribution in [0.4, 0.5) is 11.6 Å². The number of hydrogen-bond donors (Lipinski definition) is 3. The van der Waals surface area contributed by atoms with E-state index in [1.807, 2.05) is 42.5 Å². The van der Waals surface area contributed by atoms with E-state index >= 15 is 0 Å². The second kappa shape index (κ2) is 8.72. The largest absolute Gasteiger partial charge is 0.508 e. The molecule has 4 rings (SSSR count). The molecule has 0 radical (unpaired) electrons. The molecule has 29 heavy (non-hydrogen) atoms. The summed E-state index contributed by atoms with van der Waals surface area (Å²) in [6.45, 7) is 2.32. The van der Waals surface area contributed by atoms with Crippen LogP contribution >= 0.6 is 0 Å². The first-order valence-corrected chi connectivity index (χ1v) is 9.44. The summed E-state index contributed by atoms with van der Waals surface area (Å²) in [5.41, 5.74) is 4.73. The van der Waals surface area contributed by atoms with Gasteiger partial charge in [0.2, 0.25) is 5.95 Å². The van der Waals surface area contributed by atoms with Crippen LogP contribution in [-0.2, 0) is 11.3 Å². The Labute approximate surface area is 169 Å². The number of hydrogen-bond acceptors (Lipinski definition) is 6. The lowest BCUT2D eigenvalue weighted by atomic mass is 10.1. The summed E-state index contributed by atoms with van der Waals surface area (Å²) in [5.74, 6) is 0.765. The Bertz CT molecular complexity index is 1070. The lowest BCUT2D eigenvalue weighted by molar-refractivity contribution is 0.199. The summed E-state index contributed by atoms with van der Waals surface area (Å²) in [6, 6.07) is 21.0. The number of aromatic hydroxyl groups is 1. The van der Waals surface area contributed by atoms with Crippen LogP contribution in [0, 0.1) is 0 Å². The molecule has 0 spiro atoms. The molecule has 0 atom stereocenters. The zero-order valence-electron chi connectivity index (χ0n) is 16.2. The minimum absolute atomic E-state index is 0.235. The average molecular weight is 389 g/mol. The topological polar surface area (TPSA) is 83.7 Å². The number of rotatable bonds is 8. The second-order valence-electron chi connectivity index (χ2n) is 6.65. The van der Waals surface area contributed by atoms with Crippen LogP contribution in [-0.4, -0.2) is 40.0 Å². The number of phenols is 1. The fraction of sp³-hybridized carbons (Fsp3) is 0.182. The summed E-state index contributed by atoms with van der Waals surface area (Å²) in [7, 11) is 1.70. The maximum absolute atomic E-state index is 9.52. The molecule has 2 aromatic carbocycles. The number of anilines is 2. The summed E-state index contributed by atoms with van der Waals surface area (Å²) in [4.78, 5) is 4.57. The number of ether oxygens (including phenoxy) is 1. The van der Waals surface area contributed by atoms with Gasteiger partial charge in [-0.3, -0.25) is 0 Å². The molecule has 0 aliphatic rings. The number of nitrogens with one attached hydrogen (secondary N) is 2. The predicted octanol–water partition coefficient (Wildman–Crippen LogP) is 3.58. The summed E-state index contributed by atoms with van der Waals surface area (Å²) in [6.07, 6.45) is 0. The van der Waals surface area contributed by atoms with Crippen LogP contribution < -0.4 is 10.6 Å². The normalized spacial score (nSPS) is 11.1. The Morgan fingerprint density at radius 1 is 1.00 bits per heavy atom. The minimum atomic E-state index is 0.235. The number of pyridine rings is 1. The van der Waals surface area contributed by atoms with Gasteiger partial charge in [0, 0.05) is 31.5 Å². The van der Waals surface area contributed by atoms with E-state index < -0.39 is 0 Å². The number of aromatic nitrogens is 3. The molecule has 7 heteroatoms. The molecule has 0 saturated heterocycles. The molecular formula is C22H23N5O2. The molecule has 2 heterocycles. The van der Waals surface area contributed by atoms with E-state index in [1.165, 1.54) is 5.56 Å². The molecule has 0 saturated carbocycles. The highest BCUT2D eigenvalue weighted by atomic mass is 16.5. The van der Waals surface area contributed by atoms with Crippen molar-refractivity contribution in [2.45, 2.75) is 6.54 Å². The van der Waals surface area contributed by atoms with Gasteiger partial charge in [-0.25, -0.2) is 4.52 Å². The Morgan fingerprint density at radius 3 is 2.55 bits per heavy atom. The number of phenolic OH excluding ortho intramolecular Hbond substituents is 1. The van der Waals surface area contributed by atoms with E-state index in [2.05, 4.69) is 32.8 Å². The first kappa shape index (κ1) is 18.9. The molecule has 0 unspecified atom stereocenters. The third kappa shape index (κ3) is 4.53. The van der Waals surface area contributed by atoms with E-state index in [-0.39, 0.29) is 5.75 Å². The third-order valence-corrected chi connectivity index (χ3v) is 4.54. The van der Waals surface area contributed by atoms with Crippen LogP contribution in [0.3, 0.4) is 0 Å². The van der Waals surface area contributed by atoms with Crippen molar-refractivity contribution in [2.75, 3.05) is 25.6 Å². The lowest BCUT2D eigenvalue weighted by Gasteiger charge is -2.06. The number of nitrogens with zero attached hydrogens (tertiary/aromatic N) is 3. The SMILES string of the molecule is COCCNCc1ccc(Nc2nc3cccc(-c4ccc(O)cc4)n3n2)cc1. The highest BCUT2D eigenvalue weighted by Crippen LogP contribution is 2.23. The Balaban J connectivity index is 1.50. The maximum atomic E-state index is 9.52. The second-order valence-corrected chi connectivity index (χ2v) is 6.65. The van der Waals surface area contributed by atoms with Gasteiger partial charge < -0.3 is 20.5 Å². The Morgan fingerprint density at radius 2 is 1.79 bits per heavy atom. The molecule has 2 aromatic heterocycles. The van der Waals surface area contributed by atoms with Gasteiger partial charge in [0.05, 0.1) is 12.3 Å². The van der Waals surface area contributed by atoms with Gasteiger partial charge in [-0.15, -0.1) is 5.10 Å². The highest BCUT2D eigenvalue weighted by Gasteiger charge is 2.09. The molecule has 0 aliphatic heterocycles. The summed E-state index contributed by atoms with van der Waals surface area (Å²) < 4.78 is 6.83. The molecule has 0 amide bonds. The quantitative estimate of drug-likeness (QED) is 0.400. The standard InChI is InChI=1S/C22H23N5O2/c1-29-14-13-23-15-16-5-9-18(10-6-16)24-22-25-21-4-2-3-20(27(21)26-22)17-7-11-19(28)12-8-17/h2-12,23,28H,13-15H2,1H3,(H,24,26). The average Bonchev–Trinajstić information content (AvgIpc) is 3.15. The highest BCUT2D eigenvalue weighted by molar-refractivity contribution is 5.65. The molecule has 0 fully saturated rings. The number of benzene rings is 2. The van der Waals surface area contributed by atoms with E-state index in [4.69, 9.17) is 4.74 Å². The summed E-state index contributed by atoms with van der Waals surface area (Å²) in [5, 5.41) is 20.7. The fourth-order valence-corrected chi connectivity index (χ4v) is 3.05. The van der Waals surface area contributed by atoms with Crippen molar-refractivity contribution in [3.8, 4) is 17.0 Å². The summed E-state index contributed by atoms with van der Waals surface area (Å²) >= 11 is 0. The smallest absolute Gasteiger partial charge is 0.247 e.